The molecule has 1 saturated heterocycles. The number of nitrogens with one attached hydrogen (secondary N) is 1. The summed E-state index contributed by atoms with van der Waals surface area (Å²) >= 11 is 0. The first kappa shape index (κ1) is 16.9. The topological polar surface area (TPSA) is 96.4 Å². The minimum Gasteiger partial charge on any atom is -0.351 e. The van der Waals surface area contributed by atoms with Crippen LogP contribution in [0.1, 0.15) is 24.8 Å². The molecular weight excluding hydrogens is 330 g/mol. The smallest absolute Gasteiger partial charge is 0.238 e. The maximum atomic E-state index is 12.7. The molecule has 1 atom stereocenters. The number of hydrogen-bond acceptors (Lipinski definition) is 5. The van der Waals surface area contributed by atoms with Crippen LogP contribution in [0, 0.1) is 5.41 Å². The molecule has 1 N–H and O–H groups in total. The maximum Gasteiger partial charge on any atom is 0.238 e. The van der Waals surface area contributed by atoms with Gasteiger partial charge < -0.3 is 10.2 Å². The summed E-state index contributed by atoms with van der Waals surface area (Å²) in [5.41, 5.74) is -0.159. The van der Waals surface area contributed by atoms with E-state index in [0.717, 1.165) is 5.56 Å². The minimum absolute atomic E-state index is 0.0113. The van der Waals surface area contributed by atoms with Gasteiger partial charge in [0.1, 0.15) is 5.41 Å². The number of carbonyl (C=O) groups excluding carboxylic acids is 2. The Morgan fingerprint density at radius 3 is 2.71 bits per heavy atom. The van der Waals surface area contributed by atoms with Crippen molar-refractivity contribution in [3.8, 4) is 0 Å². The van der Waals surface area contributed by atoms with Crippen LogP contribution in [-0.4, -0.2) is 54.7 Å². The average molecular weight is 351 g/mol. The fraction of sp³-hybridized carbons (Fsp3) is 0.562. The molecule has 1 aliphatic carbocycles. The highest BCUT2D eigenvalue weighted by atomic mass is 32.2. The van der Waals surface area contributed by atoms with Gasteiger partial charge in [-0.2, -0.15) is 0 Å². The fourth-order valence-corrected chi connectivity index (χ4v) is 4.88. The van der Waals surface area contributed by atoms with Crippen molar-refractivity contribution in [2.45, 2.75) is 31.8 Å². The zero-order chi connectivity index (χ0) is 17.4. The van der Waals surface area contributed by atoms with Gasteiger partial charge in [0.25, 0.3) is 0 Å². The quantitative estimate of drug-likeness (QED) is 0.760. The molecule has 0 bridgehead atoms. The van der Waals surface area contributed by atoms with Crippen LogP contribution in [0.3, 0.4) is 0 Å². The second kappa shape index (κ2) is 6.16. The van der Waals surface area contributed by atoms with Crippen molar-refractivity contribution in [1.82, 2.24) is 15.2 Å². The predicted molar refractivity (Wildman–Crippen MR) is 87.6 cm³/mol. The molecule has 1 aromatic rings. The van der Waals surface area contributed by atoms with Gasteiger partial charge in [0.05, 0.1) is 11.5 Å². The lowest BCUT2D eigenvalue weighted by atomic mass is 10.0. The molecular formula is C16H21N3O4S. The van der Waals surface area contributed by atoms with Crippen LogP contribution in [0.15, 0.2) is 24.5 Å². The Hall–Kier alpha value is -1.96. The zero-order valence-electron chi connectivity index (χ0n) is 13.6. The largest absolute Gasteiger partial charge is 0.351 e. The number of hydrogen-bond donors (Lipinski definition) is 1. The lowest BCUT2D eigenvalue weighted by Crippen LogP contribution is -2.47. The van der Waals surface area contributed by atoms with E-state index >= 15 is 0 Å². The summed E-state index contributed by atoms with van der Waals surface area (Å²) in [6.45, 7) is 0.323. The van der Waals surface area contributed by atoms with Crippen LogP contribution in [-0.2, 0) is 26.0 Å². The molecule has 0 aromatic carbocycles. The van der Waals surface area contributed by atoms with Crippen molar-refractivity contribution in [3.05, 3.63) is 30.1 Å². The van der Waals surface area contributed by atoms with Crippen molar-refractivity contribution in [1.29, 1.82) is 0 Å². The number of sulfone groups is 1. The van der Waals surface area contributed by atoms with E-state index in [9.17, 15) is 18.0 Å². The molecule has 0 radical (unpaired) electrons. The van der Waals surface area contributed by atoms with Crippen molar-refractivity contribution in [2.75, 3.05) is 18.6 Å². The Kier molecular flexibility index (Phi) is 4.33. The lowest BCUT2D eigenvalue weighted by molar-refractivity contribution is -0.144. The minimum atomic E-state index is -3.07. The molecule has 1 aromatic heterocycles. The van der Waals surface area contributed by atoms with Crippen molar-refractivity contribution < 1.29 is 18.0 Å². The van der Waals surface area contributed by atoms with Crippen LogP contribution in [0.4, 0.5) is 0 Å². The molecule has 24 heavy (non-hydrogen) atoms. The van der Waals surface area contributed by atoms with E-state index in [-0.39, 0.29) is 29.4 Å². The van der Waals surface area contributed by atoms with E-state index in [1.807, 2.05) is 6.07 Å². The van der Waals surface area contributed by atoms with Gasteiger partial charge >= 0.3 is 0 Å². The third-order valence-electron chi connectivity index (χ3n) is 4.85. The van der Waals surface area contributed by atoms with E-state index in [4.69, 9.17) is 0 Å². The molecule has 2 fully saturated rings. The van der Waals surface area contributed by atoms with Crippen molar-refractivity contribution in [2.24, 2.45) is 5.41 Å². The van der Waals surface area contributed by atoms with Crippen molar-refractivity contribution in [3.63, 3.8) is 0 Å². The van der Waals surface area contributed by atoms with Gasteiger partial charge in [-0.05, 0) is 30.9 Å². The second-order valence-corrected chi connectivity index (χ2v) is 8.83. The molecule has 8 heteroatoms. The van der Waals surface area contributed by atoms with Gasteiger partial charge in [0, 0.05) is 32.0 Å². The first-order valence-electron chi connectivity index (χ1n) is 7.99. The summed E-state index contributed by atoms with van der Waals surface area (Å²) in [5, 5.41) is 2.80. The summed E-state index contributed by atoms with van der Waals surface area (Å²) in [4.78, 5) is 30.7. The molecule has 2 amide bonds. The maximum absolute atomic E-state index is 12.7. The second-order valence-electron chi connectivity index (χ2n) is 6.60. The van der Waals surface area contributed by atoms with Gasteiger partial charge in [0.2, 0.25) is 11.8 Å². The fourth-order valence-electron chi connectivity index (χ4n) is 3.10. The first-order valence-corrected chi connectivity index (χ1v) is 9.81. The summed E-state index contributed by atoms with van der Waals surface area (Å²) in [5.74, 6) is -0.463. The standard InChI is InChI=1S/C16H21N3O4S/c1-19(13-4-8-24(22,23)11-13)15(21)16(5-6-16)14(20)18-10-12-3-2-7-17-9-12/h2-3,7,9,13H,4-6,8,10-11H2,1H3,(H,18,20). The highest BCUT2D eigenvalue weighted by Crippen LogP contribution is 2.48. The number of rotatable bonds is 5. The van der Waals surface area contributed by atoms with Crippen LogP contribution in [0.25, 0.3) is 0 Å². The molecule has 1 saturated carbocycles. The van der Waals surface area contributed by atoms with E-state index in [2.05, 4.69) is 10.3 Å². The third kappa shape index (κ3) is 3.28. The van der Waals surface area contributed by atoms with E-state index < -0.39 is 15.3 Å². The summed E-state index contributed by atoms with van der Waals surface area (Å²) in [7, 11) is -1.47. The number of amides is 2. The van der Waals surface area contributed by atoms with Gasteiger partial charge in [-0.25, -0.2) is 8.42 Å². The summed E-state index contributed by atoms with van der Waals surface area (Å²) in [6, 6.07) is 3.31. The normalized spacial score (nSPS) is 23.5. The SMILES string of the molecule is CN(C(=O)C1(C(=O)NCc2cccnc2)CC1)C1CCS(=O)(=O)C1. The molecule has 2 heterocycles. The Bertz CT molecular complexity index is 744. The van der Waals surface area contributed by atoms with Gasteiger partial charge in [-0.15, -0.1) is 0 Å². The number of nitrogens with zero attached hydrogens (tertiary/aromatic N) is 2. The molecule has 1 unspecified atom stereocenters. The number of carbonyl (C=O) groups is 2. The molecule has 3 rings (SSSR count). The third-order valence-corrected chi connectivity index (χ3v) is 6.60. The Morgan fingerprint density at radius 2 is 2.17 bits per heavy atom. The van der Waals surface area contributed by atoms with Crippen LogP contribution in [0.2, 0.25) is 0 Å². The summed E-state index contributed by atoms with van der Waals surface area (Å²) < 4.78 is 23.2. The number of aromatic nitrogens is 1. The molecule has 2 aliphatic rings. The van der Waals surface area contributed by atoms with Crippen LogP contribution in [0.5, 0.6) is 0 Å². The van der Waals surface area contributed by atoms with Gasteiger partial charge in [-0.3, -0.25) is 14.6 Å². The van der Waals surface area contributed by atoms with E-state index in [1.165, 1.54) is 4.90 Å². The highest BCUT2D eigenvalue weighted by molar-refractivity contribution is 7.91. The zero-order valence-corrected chi connectivity index (χ0v) is 14.4. The van der Waals surface area contributed by atoms with Crippen LogP contribution < -0.4 is 5.32 Å². The van der Waals surface area contributed by atoms with E-state index in [0.29, 0.717) is 25.8 Å². The monoisotopic (exact) mass is 351 g/mol. The Labute approximate surface area is 141 Å². The van der Waals surface area contributed by atoms with Gasteiger partial charge in [-0.1, -0.05) is 6.07 Å². The van der Waals surface area contributed by atoms with Gasteiger partial charge in [0.15, 0.2) is 9.84 Å². The lowest BCUT2D eigenvalue weighted by Gasteiger charge is -2.27. The molecule has 7 nitrogen and oxygen atoms in total. The molecule has 130 valence electrons. The predicted octanol–water partition coefficient (Wildman–Crippen LogP) is 0.123. The Morgan fingerprint density at radius 1 is 1.42 bits per heavy atom. The highest BCUT2D eigenvalue weighted by Gasteiger charge is 2.58. The Balaban J connectivity index is 1.62. The van der Waals surface area contributed by atoms with Crippen LogP contribution >= 0.6 is 0 Å². The first-order chi connectivity index (χ1) is 11.3. The average Bonchev–Trinajstić information content (AvgIpc) is 3.30. The molecule has 1 aliphatic heterocycles. The van der Waals surface area contributed by atoms with E-state index in [1.54, 1.807) is 25.5 Å². The van der Waals surface area contributed by atoms with Crippen molar-refractivity contribution >= 4 is 21.7 Å². The summed E-state index contributed by atoms with van der Waals surface area (Å²) in [6.07, 6.45) is 4.78. The number of pyridine rings is 1. The molecule has 0 spiro atoms.